The Morgan fingerprint density at radius 1 is 1.60 bits per heavy atom. The summed E-state index contributed by atoms with van der Waals surface area (Å²) in [6.45, 7) is 6.21. The Morgan fingerprint density at radius 3 is 2.70 bits per heavy atom. The molecule has 0 unspecified atom stereocenters. The first-order valence-corrected chi connectivity index (χ1v) is 5.49. The van der Waals surface area contributed by atoms with Gasteiger partial charge in [-0.25, -0.2) is 0 Å². The van der Waals surface area contributed by atoms with Gasteiger partial charge in [-0.15, -0.1) is 0 Å². The number of allylic oxidation sites excluding steroid dienone is 1. The molecule has 1 heteroatoms. The van der Waals surface area contributed by atoms with Gasteiger partial charge in [-0.2, -0.15) is 0 Å². The van der Waals surface area contributed by atoms with Crippen molar-refractivity contribution in [2.45, 2.75) is 26.2 Å². The number of hydrogen-bond donors (Lipinski definition) is 0. The molecule has 1 fully saturated rings. The van der Waals surface area contributed by atoms with Crippen LogP contribution < -0.4 is 0 Å². The highest BCUT2D eigenvalue weighted by atomic mass is 127. The van der Waals surface area contributed by atoms with Gasteiger partial charge in [-0.1, -0.05) is 41.2 Å². The highest BCUT2D eigenvalue weighted by Crippen LogP contribution is 2.36. The van der Waals surface area contributed by atoms with E-state index in [4.69, 9.17) is 0 Å². The Hall–Kier alpha value is 0.470. The molecule has 0 spiro atoms. The topological polar surface area (TPSA) is 0 Å². The first-order valence-electron chi connectivity index (χ1n) is 3.97. The zero-order valence-electron chi connectivity index (χ0n) is 6.57. The monoisotopic (exact) mass is 250 g/mol. The zero-order valence-corrected chi connectivity index (χ0v) is 8.73. The van der Waals surface area contributed by atoms with Crippen molar-refractivity contribution < 1.29 is 0 Å². The summed E-state index contributed by atoms with van der Waals surface area (Å²) in [5, 5.41) is 0. The van der Waals surface area contributed by atoms with Gasteiger partial charge in [0.05, 0.1) is 0 Å². The third-order valence-electron chi connectivity index (χ3n) is 2.49. The van der Waals surface area contributed by atoms with Gasteiger partial charge in [0.1, 0.15) is 0 Å². The molecule has 0 radical (unpaired) electrons. The molecular formula is C9H15I. The molecule has 0 aromatic carbocycles. The zero-order chi connectivity index (χ0) is 7.56. The van der Waals surface area contributed by atoms with E-state index in [2.05, 4.69) is 36.1 Å². The van der Waals surface area contributed by atoms with Crippen LogP contribution in [0.4, 0.5) is 0 Å². The molecule has 0 amide bonds. The van der Waals surface area contributed by atoms with Gasteiger partial charge in [0.25, 0.3) is 0 Å². The minimum Gasteiger partial charge on any atom is -0.0998 e. The van der Waals surface area contributed by atoms with E-state index in [1.807, 2.05) is 0 Å². The van der Waals surface area contributed by atoms with Crippen LogP contribution in [0.5, 0.6) is 0 Å². The molecular weight excluding hydrogens is 235 g/mol. The summed E-state index contributed by atoms with van der Waals surface area (Å²) in [5.41, 5.74) is 1.40. The molecule has 0 N–H and O–H groups in total. The van der Waals surface area contributed by atoms with Gasteiger partial charge in [-0.05, 0) is 31.6 Å². The van der Waals surface area contributed by atoms with E-state index in [1.54, 1.807) is 0 Å². The van der Waals surface area contributed by atoms with E-state index < -0.39 is 0 Å². The lowest BCUT2D eigenvalue weighted by atomic mass is 9.92. The minimum atomic E-state index is 0.844. The maximum Gasteiger partial charge on any atom is 0.00294 e. The van der Waals surface area contributed by atoms with Crippen LogP contribution in [0, 0.1) is 11.8 Å². The van der Waals surface area contributed by atoms with E-state index in [9.17, 15) is 0 Å². The molecule has 0 bridgehead atoms. The summed E-state index contributed by atoms with van der Waals surface area (Å²) in [4.78, 5) is 0. The standard InChI is InChI=1S/C9H15I/c1-7(2)9-5-3-4-8(9)6-10/h8-9H,1,3-6H2,2H3/t8-,9+/m0/s1. The van der Waals surface area contributed by atoms with Crippen LogP contribution in [0.25, 0.3) is 0 Å². The molecule has 0 aromatic rings. The van der Waals surface area contributed by atoms with Gasteiger partial charge in [0, 0.05) is 4.43 Å². The summed E-state index contributed by atoms with van der Waals surface area (Å²) >= 11 is 2.50. The molecule has 1 aliphatic rings. The van der Waals surface area contributed by atoms with Gasteiger partial charge in [0.2, 0.25) is 0 Å². The predicted molar refractivity (Wildman–Crippen MR) is 54.5 cm³/mol. The highest BCUT2D eigenvalue weighted by molar-refractivity contribution is 14.1. The number of alkyl halides is 1. The average molecular weight is 250 g/mol. The van der Waals surface area contributed by atoms with Gasteiger partial charge in [0.15, 0.2) is 0 Å². The SMILES string of the molecule is C=C(C)[C@H]1CCC[C@H]1CI. The van der Waals surface area contributed by atoms with Crippen molar-refractivity contribution in [3.05, 3.63) is 12.2 Å². The van der Waals surface area contributed by atoms with Gasteiger partial charge in [-0.3, -0.25) is 0 Å². The Balaban J connectivity index is 2.50. The number of hydrogen-bond acceptors (Lipinski definition) is 0. The lowest BCUT2D eigenvalue weighted by Crippen LogP contribution is -2.09. The Labute approximate surface area is 77.2 Å². The van der Waals surface area contributed by atoms with E-state index >= 15 is 0 Å². The number of halogens is 1. The third-order valence-corrected chi connectivity index (χ3v) is 3.62. The molecule has 1 saturated carbocycles. The van der Waals surface area contributed by atoms with Crippen molar-refractivity contribution in [1.82, 2.24) is 0 Å². The second-order valence-corrected chi connectivity index (χ2v) is 4.18. The summed E-state index contributed by atoms with van der Waals surface area (Å²) in [6.07, 6.45) is 4.24. The molecule has 0 saturated heterocycles. The second-order valence-electron chi connectivity index (χ2n) is 3.30. The molecule has 0 nitrogen and oxygen atoms in total. The van der Waals surface area contributed by atoms with Gasteiger partial charge < -0.3 is 0 Å². The van der Waals surface area contributed by atoms with E-state index in [-0.39, 0.29) is 0 Å². The van der Waals surface area contributed by atoms with E-state index in [0.717, 1.165) is 11.8 Å². The van der Waals surface area contributed by atoms with Crippen molar-refractivity contribution in [3.8, 4) is 0 Å². The fourth-order valence-electron chi connectivity index (χ4n) is 1.87. The van der Waals surface area contributed by atoms with E-state index in [1.165, 1.54) is 29.3 Å². The Morgan fingerprint density at radius 2 is 2.30 bits per heavy atom. The lowest BCUT2D eigenvalue weighted by Gasteiger charge is -2.16. The second kappa shape index (κ2) is 3.74. The first-order chi connectivity index (χ1) is 4.75. The maximum atomic E-state index is 4.03. The number of rotatable bonds is 2. The molecule has 1 rings (SSSR count). The predicted octanol–water partition coefficient (Wildman–Crippen LogP) is 3.41. The third kappa shape index (κ3) is 1.74. The first kappa shape index (κ1) is 8.57. The average Bonchev–Trinajstić information content (AvgIpc) is 2.33. The molecule has 0 heterocycles. The Bertz CT molecular complexity index is 129. The van der Waals surface area contributed by atoms with Crippen molar-refractivity contribution in [2.24, 2.45) is 11.8 Å². The molecule has 1 aliphatic carbocycles. The highest BCUT2D eigenvalue weighted by Gasteiger charge is 2.26. The van der Waals surface area contributed by atoms with Crippen LogP contribution in [0.15, 0.2) is 12.2 Å². The normalized spacial score (nSPS) is 32.6. The fourth-order valence-corrected chi connectivity index (χ4v) is 2.92. The van der Waals surface area contributed by atoms with E-state index in [0.29, 0.717) is 0 Å². The fraction of sp³-hybridized carbons (Fsp3) is 0.778. The van der Waals surface area contributed by atoms with Crippen LogP contribution in [-0.2, 0) is 0 Å². The summed E-state index contributed by atoms with van der Waals surface area (Å²) < 4.78 is 1.31. The molecule has 10 heavy (non-hydrogen) atoms. The lowest BCUT2D eigenvalue weighted by molar-refractivity contribution is 0.495. The molecule has 58 valence electrons. The van der Waals surface area contributed by atoms with Gasteiger partial charge >= 0.3 is 0 Å². The van der Waals surface area contributed by atoms with Crippen LogP contribution in [0.3, 0.4) is 0 Å². The molecule has 0 aromatic heterocycles. The largest absolute Gasteiger partial charge is 0.0998 e. The van der Waals surface area contributed by atoms with Crippen LogP contribution >= 0.6 is 22.6 Å². The van der Waals surface area contributed by atoms with Crippen LogP contribution in [0.1, 0.15) is 26.2 Å². The Kier molecular flexibility index (Phi) is 3.21. The molecule has 2 atom stereocenters. The van der Waals surface area contributed by atoms with Crippen molar-refractivity contribution in [3.63, 3.8) is 0 Å². The van der Waals surface area contributed by atoms with Crippen molar-refractivity contribution in [1.29, 1.82) is 0 Å². The maximum absolute atomic E-state index is 4.03. The summed E-state index contributed by atoms with van der Waals surface area (Å²) in [5.74, 6) is 1.79. The minimum absolute atomic E-state index is 0.844. The van der Waals surface area contributed by atoms with Crippen LogP contribution in [-0.4, -0.2) is 4.43 Å². The van der Waals surface area contributed by atoms with Crippen LogP contribution in [0.2, 0.25) is 0 Å². The quantitative estimate of drug-likeness (QED) is 0.400. The summed E-state index contributed by atoms with van der Waals surface area (Å²) in [6, 6.07) is 0. The molecule has 0 aliphatic heterocycles. The smallest absolute Gasteiger partial charge is 0.00294 e. The van der Waals surface area contributed by atoms with Crippen molar-refractivity contribution >= 4 is 22.6 Å². The summed E-state index contributed by atoms with van der Waals surface area (Å²) in [7, 11) is 0. The van der Waals surface area contributed by atoms with Crippen molar-refractivity contribution in [2.75, 3.05) is 4.43 Å².